The number of hydrogen-bond acceptors (Lipinski definition) is 5. The number of ether oxygens (including phenoxy) is 2. The lowest BCUT2D eigenvalue weighted by atomic mass is 9.85. The maximum Gasteiger partial charge on any atom is 0.305 e. The quantitative estimate of drug-likeness (QED) is 0.277. The molecule has 1 aliphatic heterocycles. The standard InChI is InChI=1S/C18H25NO5/c1-23-9-10-24-14(20)5-3-2-4-8-19-17(21)15-12-6-7-13(11-12)16(15)18(19)22/h6-7,12-13,15-16H,2-5,8-11H2,1H3/t12?,13?,15-,16+. The van der Waals surface area contributed by atoms with E-state index >= 15 is 0 Å². The molecule has 4 atom stereocenters. The van der Waals surface area contributed by atoms with Gasteiger partial charge in [-0.3, -0.25) is 19.3 Å². The third-order valence-corrected chi connectivity index (χ3v) is 5.37. The third kappa shape index (κ3) is 3.24. The number of imide groups is 1. The summed E-state index contributed by atoms with van der Waals surface area (Å²) < 4.78 is 9.80. The van der Waals surface area contributed by atoms with Crippen molar-refractivity contribution in [3.05, 3.63) is 12.2 Å². The van der Waals surface area contributed by atoms with Crippen LogP contribution in [0.15, 0.2) is 12.2 Å². The van der Waals surface area contributed by atoms with Gasteiger partial charge in [-0.15, -0.1) is 0 Å². The Kier molecular flexibility index (Phi) is 5.33. The molecule has 2 unspecified atom stereocenters. The molecule has 6 heteroatoms. The molecule has 0 aromatic carbocycles. The first-order valence-electron chi connectivity index (χ1n) is 8.81. The number of nitrogens with zero attached hydrogens (tertiary/aromatic N) is 1. The number of likely N-dealkylation sites (tertiary alicyclic amines) is 1. The second kappa shape index (κ2) is 7.47. The molecular formula is C18H25NO5. The van der Waals surface area contributed by atoms with Crippen LogP contribution in [0.4, 0.5) is 0 Å². The molecule has 24 heavy (non-hydrogen) atoms. The van der Waals surface area contributed by atoms with Gasteiger partial charge in [0.15, 0.2) is 0 Å². The average Bonchev–Trinajstić information content (AvgIpc) is 3.23. The van der Waals surface area contributed by atoms with E-state index in [-0.39, 0.29) is 48.1 Å². The minimum absolute atomic E-state index is 0.0147. The molecular weight excluding hydrogens is 310 g/mol. The summed E-state index contributed by atoms with van der Waals surface area (Å²) in [4.78, 5) is 37.9. The minimum atomic E-state index is -0.224. The first-order valence-corrected chi connectivity index (χ1v) is 8.81. The molecule has 0 radical (unpaired) electrons. The Labute approximate surface area is 142 Å². The molecule has 2 amide bonds. The minimum Gasteiger partial charge on any atom is -0.463 e. The van der Waals surface area contributed by atoms with Crippen molar-refractivity contribution in [2.45, 2.75) is 32.1 Å². The lowest BCUT2D eigenvalue weighted by molar-refractivity contribution is -0.145. The van der Waals surface area contributed by atoms with Gasteiger partial charge in [0.2, 0.25) is 11.8 Å². The number of hydrogen-bond donors (Lipinski definition) is 0. The van der Waals surface area contributed by atoms with Crippen molar-refractivity contribution in [1.82, 2.24) is 4.90 Å². The number of amides is 2. The lowest BCUT2D eigenvalue weighted by Gasteiger charge is -2.16. The SMILES string of the molecule is COCCOC(=O)CCCCCN1C(=O)[C@@H]2C3C=CC(C3)[C@@H]2C1=O. The molecule has 0 aromatic rings. The highest BCUT2D eigenvalue weighted by molar-refractivity contribution is 6.06. The maximum atomic E-state index is 12.5. The normalized spacial score (nSPS) is 30.3. The van der Waals surface area contributed by atoms with Gasteiger partial charge in [-0.05, 0) is 31.1 Å². The van der Waals surface area contributed by atoms with Crippen LogP contribution < -0.4 is 0 Å². The zero-order valence-electron chi connectivity index (χ0n) is 14.1. The molecule has 1 heterocycles. The van der Waals surface area contributed by atoms with Crippen LogP contribution in [0, 0.1) is 23.7 Å². The predicted molar refractivity (Wildman–Crippen MR) is 85.7 cm³/mol. The van der Waals surface area contributed by atoms with Crippen LogP contribution in [0.3, 0.4) is 0 Å². The van der Waals surface area contributed by atoms with E-state index in [1.54, 1.807) is 7.11 Å². The number of unbranched alkanes of at least 4 members (excludes halogenated alkanes) is 2. The summed E-state index contributed by atoms with van der Waals surface area (Å²) in [6, 6.07) is 0. The zero-order chi connectivity index (χ0) is 17.1. The fraction of sp³-hybridized carbons (Fsp3) is 0.722. The first-order chi connectivity index (χ1) is 11.6. The van der Waals surface area contributed by atoms with Crippen LogP contribution in [0.2, 0.25) is 0 Å². The predicted octanol–water partition coefficient (Wildman–Crippen LogP) is 1.54. The molecule has 3 rings (SSSR count). The first kappa shape index (κ1) is 17.1. The van der Waals surface area contributed by atoms with E-state index in [9.17, 15) is 14.4 Å². The number of carbonyl (C=O) groups is 3. The van der Waals surface area contributed by atoms with E-state index in [2.05, 4.69) is 12.2 Å². The Bertz CT molecular complexity index is 514. The Hall–Kier alpha value is -1.69. The van der Waals surface area contributed by atoms with Crippen LogP contribution in [-0.4, -0.2) is 49.6 Å². The molecule has 2 bridgehead atoms. The van der Waals surface area contributed by atoms with Crippen LogP contribution in [-0.2, 0) is 23.9 Å². The van der Waals surface area contributed by atoms with E-state index in [0.717, 1.165) is 19.3 Å². The molecule has 1 saturated carbocycles. The van der Waals surface area contributed by atoms with Gasteiger partial charge in [0.25, 0.3) is 0 Å². The van der Waals surface area contributed by atoms with Gasteiger partial charge < -0.3 is 9.47 Å². The summed E-state index contributed by atoms with van der Waals surface area (Å²) in [7, 11) is 1.56. The van der Waals surface area contributed by atoms with E-state index in [4.69, 9.17) is 9.47 Å². The highest BCUT2D eigenvalue weighted by atomic mass is 16.6. The van der Waals surface area contributed by atoms with Crippen LogP contribution in [0.1, 0.15) is 32.1 Å². The van der Waals surface area contributed by atoms with Crippen LogP contribution in [0.25, 0.3) is 0 Å². The highest BCUT2D eigenvalue weighted by Crippen LogP contribution is 2.52. The number of carbonyl (C=O) groups excluding carboxylic acids is 3. The second-order valence-corrected chi connectivity index (χ2v) is 6.85. The van der Waals surface area contributed by atoms with Crippen molar-refractivity contribution in [2.24, 2.45) is 23.7 Å². The molecule has 3 aliphatic rings. The van der Waals surface area contributed by atoms with Gasteiger partial charge in [-0.2, -0.15) is 0 Å². The monoisotopic (exact) mass is 335 g/mol. The number of esters is 1. The summed E-state index contributed by atoms with van der Waals surface area (Å²) in [5.74, 6) is 0.123. The van der Waals surface area contributed by atoms with E-state index in [1.807, 2.05) is 0 Å². The summed E-state index contributed by atoms with van der Waals surface area (Å²) in [5.41, 5.74) is 0. The summed E-state index contributed by atoms with van der Waals surface area (Å²) in [6.07, 6.45) is 7.80. The van der Waals surface area contributed by atoms with Crippen molar-refractivity contribution < 1.29 is 23.9 Å². The van der Waals surface area contributed by atoms with Crippen LogP contribution in [0.5, 0.6) is 0 Å². The molecule has 2 fully saturated rings. The molecule has 1 saturated heterocycles. The smallest absolute Gasteiger partial charge is 0.305 e. The lowest BCUT2D eigenvalue weighted by Crippen LogP contribution is -2.33. The van der Waals surface area contributed by atoms with Crippen molar-refractivity contribution >= 4 is 17.8 Å². The summed E-state index contributed by atoms with van der Waals surface area (Å²) in [6.45, 7) is 1.16. The molecule has 0 aromatic heterocycles. The molecule has 6 nitrogen and oxygen atoms in total. The summed E-state index contributed by atoms with van der Waals surface area (Å²) in [5, 5.41) is 0. The van der Waals surface area contributed by atoms with Crippen LogP contribution >= 0.6 is 0 Å². The van der Waals surface area contributed by atoms with Gasteiger partial charge in [-0.1, -0.05) is 18.6 Å². The molecule has 132 valence electrons. The number of methoxy groups -OCH3 is 1. The van der Waals surface area contributed by atoms with Gasteiger partial charge >= 0.3 is 5.97 Å². The fourth-order valence-electron chi connectivity index (χ4n) is 4.21. The Morgan fingerprint density at radius 3 is 2.38 bits per heavy atom. The van der Waals surface area contributed by atoms with Crippen molar-refractivity contribution in [2.75, 3.05) is 26.9 Å². The van der Waals surface area contributed by atoms with Crippen molar-refractivity contribution in [3.63, 3.8) is 0 Å². The zero-order valence-corrected chi connectivity index (χ0v) is 14.1. The van der Waals surface area contributed by atoms with E-state index in [1.165, 1.54) is 4.90 Å². The molecule has 0 spiro atoms. The largest absolute Gasteiger partial charge is 0.463 e. The molecule has 2 aliphatic carbocycles. The molecule has 0 N–H and O–H groups in total. The van der Waals surface area contributed by atoms with Gasteiger partial charge in [0.1, 0.15) is 6.61 Å². The third-order valence-electron chi connectivity index (χ3n) is 5.37. The number of fused-ring (bicyclic) bond motifs is 5. The summed E-state index contributed by atoms with van der Waals surface area (Å²) >= 11 is 0. The topological polar surface area (TPSA) is 72.9 Å². The van der Waals surface area contributed by atoms with E-state index in [0.29, 0.717) is 26.0 Å². The van der Waals surface area contributed by atoms with Crippen molar-refractivity contribution in [3.8, 4) is 0 Å². The number of allylic oxidation sites excluding steroid dienone is 2. The Balaban J connectivity index is 1.35. The van der Waals surface area contributed by atoms with Gasteiger partial charge in [0.05, 0.1) is 18.4 Å². The fourth-order valence-corrected chi connectivity index (χ4v) is 4.21. The highest BCUT2D eigenvalue weighted by Gasteiger charge is 2.58. The maximum absolute atomic E-state index is 12.5. The van der Waals surface area contributed by atoms with Gasteiger partial charge in [-0.25, -0.2) is 0 Å². The number of rotatable bonds is 9. The van der Waals surface area contributed by atoms with Gasteiger partial charge in [0, 0.05) is 20.1 Å². The Morgan fingerprint density at radius 2 is 1.75 bits per heavy atom. The van der Waals surface area contributed by atoms with E-state index < -0.39 is 0 Å². The second-order valence-electron chi connectivity index (χ2n) is 6.85. The average molecular weight is 335 g/mol. The Morgan fingerprint density at radius 1 is 1.08 bits per heavy atom. The van der Waals surface area contributed by atoms with Crippen molar-refractivity contribution in [1.29, 1.82) is 0 Å².